The summed E-state index contributed by atoms with van der Waals surface area (Å²) in [6.45, 7) is 4.58. The molecule has 0 atom stereocenters. The third-order valence-electron chi connectivity index (χ3n) is 4.02. The monoisotopic (exact) mass is 495 g/mol. The van der Waals surface area contributed by atoms with Crippen LogP contribution < -0.4 is 11.1 Å². The minimum Gasteiger partial charge on any atom is -0.399 e. The van der Waals surface area contributed by atoms with Crippen molar-refractivity contribution in [3.63, 3.8) is 0 Å². The van der Waals surface area contributed by atoms with E-state index in [-0.39, 0.29) is 0 Å². The standard InChI is InChI=1S/C10H12BrN3.C6H6BrN.C4H9N/c11-9-3-5-10(6-4-9)12-13-14-7-1-2-8-14;7-5-1-3-6(8)4-2-5;1-2-4-5-3-1/h3-6H,1-2,7-8H2;1-4H,8H2;5H,1-4H2. The van der Waals surface area contributed by atoms with Crippen molar-refractivity contribution in [1.82, 2.24) is 10.3 Å². The fourth-order valence-electron chi connectivity index (χ4n) is 2.50. The molecule has 2 aromatic carbocycles. The van der Waals surface area contributed by atoms with E-state index in [1.54, 1.807) is 0 Å². The Balaban J connectivity index is 0.000000168. The molecule has 4 rings (SSSR count). The van der Waals surface area contributed by atoms with Crippen molar-refractivity contribution in [1.29, 1.82) is 0 Å². The first-order chi connectivity index (χ1) is 13.1. The van der Waals surface area contributed by atoms with E-state index in [1.807, 2.05) is 53.5 Å². The predicted octanol–water partition coefficient (Wildman–Crippen LogP) is 5.94. The Hall–Kier alpha value is -1.44. The van der Waals surface area contributed by atoms with E-state index in [0.717, 1.165) is 33.4 Å². The van der Waals surface area contributed by atoms with E-state index in [1.165, 1.54) is 38.8 Å². The zero-order valence-corrected chi connectivity index (χ0v) is 18.6. The number of hydrogen-bond donors (Lipinski definition) is 2. The molecule has 0 radical (unpaired) electrons. The molecule has 2 saturated heterocycles. The quantitative estimate of drug-likeness (QED) is 0.399. The maximum Gasteiger partial charge on any atom is 0.0875 e. The molecule has 2 fully saturated rings. The summed E-state index contributed by atoms with van der Waals surface area (Å²) < 4.78 is 2.13. The number of anilines is 1. The minimum atomic E-state index is 0.799. The molecular weight excluding hydrogens is 470 g/mol. The maximum atomic E-state index is 5.41. The lowest BCUT2D eigenvalue weighted by molar-refractivity contribution is 0.336. The second-order valence-electron chi connectivity index (χ2n) is 6.34. The second-order valence-corrected chi connectivity index (χ2v) is 8.17. The van der Waals surface area contributed by atoms with Crippen LogP contribution in [0.25, 0.3) is 0 Å². The normalized spacial score (nSPS) is 15.9. The third kappa shape index (κ3) is 9.89. The molecule has 7 heteroatoms. The first kappa shape index (κ1) is 21.9. The van der Waals surface area contributed by atoms with Crippen LogP contribution in [-0.4, -0.2) is 31.2 Å². The van der Waals surface area contributed by atoms with Crippen molar-refractivity contribution in [3.8, 4) is 0 Å². The Labute approximate surface area is 178 Å². The highest BCUT2D eigenvalue weighted by Crippen LogP contribution is 2.18. The summed E-state index contributed by atoms with van der Waals surface area (Å²) in [6, 6.07) is 15.4. The lowest BCUT2D eigenvalue weighted by atomic mass is 10.3. The molecular formula is C20H27Br2N5. The van der Waals surface area contributed by atoms with Crippen molar-refractivity contribution in [2.45, 2.75) is 25.7 Å². The summed E-state index contributed by atoms with van der Waals surface area (Å²) in [5.41, 5.74) is 7.11. The van der Waals surface area contributed by atoms with Crippen molar-refractivity contribution in [2.75, 3.05) is 31.9 Å². The van der Waals surface area contributed by atoms with Gasteiger partial charge in [0, 0.05) is 27.7 Å². The predicted molar refractivity (Wildman–Crippen MR) is 120 cm³/mol. The number of hydrogen-bond acceptors (Lipinski definition) is 4. The highest BCUT2D eigenvalue weighted by Gasteiger charge is 2.08. The van der Waals surface area contributed by atoms with Crippen LogP contribution in [0.5, 0.6) is 0 Å². The number of benzene rings is 2. The van der Waals surface area contributed by atoms with Gasteiger partial charge in [-0.25, -0.2) is 0 Å². The Morgan fingerprint density at radius 2 is 1.30 bits per heavy atom. The Morgan fingerprint density at radius 3 is 1.74 bits per heavy atom. The van der Waals surface area contributed by atoms with Gasteiger partial charge in [-0.1, -0.05) is 37.1 Å². The Morgan fingerprint density at radius 1 is 0.778 bits per heavy atom. The van der Waals surface area contributed by atoms with Crippen molar-refractivity contribution in [3.05, 3.63) is 57.5 Å². The van der Waals surface area contributed by atoms with Gasteiger partial charge in [0.2, 0.25) is 0 Å². The molecule has 0 bridgehead atoms. The molecule has 2 heterocycles. The van der Waals surface area contributed by atoms with Gasteiger partial charge in [0.1, 0.15) is 0 Å². The van der Waals surface area contributed by atoms with Gasteiger partial charge in [-0.2, -0.15) is 0 Å². The number of rotatable bonds is 2. The van der Waals surface area contributed by atoms with Crippen LogP contribution in [0.15, 0.2) is 67.8 Å². The van der Waals surface area contributed by atoms with Crippen LogP contribution in [0.1, 0.15) is 25.7 Å². The van der Waals surface area contributed by atoms with Crippen LogP contribution in [0.2, 0.25) is 0 Å². The molecule has 2 aromatic rings. The van der Waals surface area contributed by atoms with Gasteiger partial charge in [-0.15, -0.1) is 5.11 Å². The van der Waals surface area contributed by atoms with E-state index in [9.17, 15) is 0 Å². The fraction of sp³-hybridized carbons (Fsp3) is 0.400. The lowest BCUT2D eigenvalue weighted by Gasteiger charge is -2.06. The van der Waals surface area contributed by atoms with Gasteiger partial charge >= 0.3 is 0 Å². The van der Waals surface area contributed by atoms with Gasteiger partial charge in [-0.3, -0.25) is 5.01 Å². The zero-order chi connectivity index (χ0) is 19.3. The number of nitrogens with zero attached hydrogens (tertiary/aromatic N) is 3. The third-order valence-corrected chi connectivity index (χ3v) is 5.08. The summed E-state index contributed by atoms with van der Waals surface area (Å²) in [7, 11) is 0. The number of halogens is 2. The molecule has 0 spiro atoms. The lowest BCUT2D eigenvalue weighted by Crippen LogP contribution is -2.09. The molecule has 27 heavy (non-hydrogen) atoms. The van der Waals surface area contributed by atoms with E-state index in [4.69, 9.17) is 5.73 Å². The summed E-state index contributed by atoms with van der Waals surface area (Å²) in [6.07, 6.45) is 5.25. The van der Waals surface area contributed by atoms with Crippen molar-refractivity contribution < 1.29 is 0 Å². The van der Waals surface area contributed by atoms with E-state index in [2.05, 4.69) is 47.5 Å². The fourth-order valence-corrected chi connectivity index (χ4v) is 3.03. The molecule has 3 N–H and O–H groups in total. The van der Waals surface area contributed by atoms with Crippen LogP contribution in [0.3, 0.4) is 0 Å². The average molecular weight is 497 g/mol. The molecule has 2 aliphatic heterocycles. The number of nitrogens with two attached hydrogens (primary N) is 1. The first-order valence-electron chi connectivity index (χ1n) is 9.27. The molecule has 0 unspecified atom stereocenters. The Kier molecular flexibility index (Phi) is 10.4. The van der Waals surface area contributed by atoms with Crippen LogP contribution in [0.4, 0.5) is 11.4 Å². The van der Waals surface area contributed by atoms with Gasteiger partial charge < -0.3 is 11.1 Å². The molecule has 0 amide bonds. The summed E-state index contributed by atoms with van der Waals surface area (Å²) in [4.78, 5) is 0. The SMILES string of the molecule is Brc1ccc(N=NN2CCCC2)cc1.C1CCNC1.Nc1ccc(Br)cc1. The number of nitrogens with one attached hydrogen (secondary N) is 1. The maximum absolute atomic E-state index is 5.41. The van der Waals surface area contributed by atoms with Gasteiger partial charge in [0.25, 0.3) is 0 Å². The molecule has 146 valence electrons. The van der Waals surface area contributed by atoms with E-state index >= 15 is 0 Å². The second kappa shape index (κ2) is 12.9. The summed E-state index contributed by atoms with van der Waals surface area (Å²) >= 11 is 6.67. The van der Waals surface area contributed by atoms with Crippen molar-refractivity contribution in [2.24, 2.45) is 10.3 Å². The van der Waals surface area contributed by atoms with Gasteiger partial charge in [-0.05, 0) is 87.3 Å². The molecule has 0 saturated carbocycles. The van der Waals surface area contributed by atoms with E-state index in [0.29, 0.717) is 0 Å². The summed E-state index contributed by atoms with van der Waals surface area (Å²) in [5.74, 6) is 0. The zero-order valence-electron chi connectivity index (χ0n) is 15.5. The molecule has 5 nitrogen and oxygen atoms in total. The van der Waals surface area contributed by atoms with Crippen molar-refractivity contribution >= 4 is 43.2 Å². The summed E-state index contributed by atoms with van der Waals surface area (Å²) in [5, 5.41) is 13.6. The first-order valence-corrected chi connectivity index (χ1v) is 10.9. The minimum absolute atomic E-state index is 0.799. The molecule has 0 aliphatic carbocycles. The van der Waals surface area contributed by atoms with E-state index < -0.39 is 0 Å². The smallest absolute Gasteiger partial charge is 0.0875 e. The average Bonchev–Trinajstić information content (AvgIpc) is 3.41. The van der Waals surface area contributed by atoms with Gasteiger partial charge in [0.05, 0.1) is 5.69 Å². The van der Waals surface area contributed by atoms with Crippen LogP contribution >= 0.6 is 31.9 Å². The van der Waals surface area contributed by atoms with Gasteiger partial charge in [0.15, 0.2) is 0 Å². The molecule has 0 aromatic heterocycles. The molecule has 2 aliphatic rings. The Bertz CT molecular complexity index is 635. The van der Waals surface area contributed by atoms with Crippen LogP contribution in [-0.2, 0) is 0 Å². The highest BCUT2D eigenvalue weighted by molar-refractivity contribution is 9.10. The van der Waals surface area contributed by atoms with Crippen LogP contribution in [0, 0.1) is 0 Å². The largest absolute Gasteiger partial charge is 0.399 e. The highest BCUT2D eigenvalue weighted by atomic mass is 79.9. The number of nitrogen functional groups attached to an aromatic ring is 1. The topological polar surface area (TPSA) is 66.0 Å².